The minimum atomic E-state index is -2.45. The Morgan fingerprint density at radius 3 is 2.39 bits per heavy atom. The van der Waals surface area contributed by atoms with Gasteiger partial charge in [-0.15, -0.1) is 5.10 Å². The summed E-state index contributed by atoms with van der Waals surface area (Å²) in [5.74, 6) is -10.1. The van der Waals surface area contributed by atoms with Crippen LogP contribution in [0.4, 0.5) is 0 Å². The second-order valence-corrected chi connectivity index (χ2v) is 20.6. The topological polar surface area (TPSA) is 238 Å². The predicted octanol–water partition coefficient (Wildman–Crippen LogP) is 5.44. The number of cyclic esters (lactones) is 1. The highest BCUT2D eigenvalue weighted by Gasteiger charge is 2.53. The quantitative estimate of drug-likeness (QED) is 0.101. The maximum atomic E-state index is 14.5. The van der Waals surface area contributed by atoms with E-state index in [4.69, 9.17) is 14.2 Å². The van der Waals surface area contributed by atoms with E-state index < -0.39 is 83.4 Å². The minimum Gasteiger partial charge on any atom is -0.460 e. The number of aliphatic hydroxyl groups excluding tert-OH is 2. The van der Waals surface area contributed by atoms with Crippen molar-refractivity contribution in [3.8, 4) is 0 Å². The third-order valence-corrected chi connectivity index (χ3v) is 15.3. The summed E-state index contributed by atoms with van der Waals surface area (Å²) in [6.45, 7) is 12.3. The minimum absolute atomic E-state index is 0.0483. The number of ketones is 3. The molecule has 4 aliphatic rings. The second kappa shape index (κ2) is 25.5. The van der Waals surface area contributed by atoms with Crippen LogP contribution < -0.4 is 0 Å². The van der Waals surface area contributed by atoms with Crippen molar-refractivity contribution in [1.82, 2.24) is 25.1 Å². The summed E-state index contributed by atoms with van der Waals surface area (Å²) in [5, 5.41) is 45.3. The van der Waals surface area contributed by atoms with Crippen molar-refractivity contribution in [2.75, 3.05) is 20.3 Å². The Kier molecular flexibility index (Phi) is 20.5. The van der Waals surface area contributed by atoms with Crippen molar-refractivity contribution >= 4 is 35.5 Å². The second-order valence-electron chi connectivity index (χ2n) is 20.6. The predicted molar refractivity (Wildman–Crippen MR) is 255 cm³/mol. The monoisotopic (exact) mass is 964 g/mol. The van der Waals surface area contributed by atoms with Crippen LogP contribution in [0.3, 0.4) is 0 Å². The largest absolute Gasteiger partial charge is 0.460 e. The summed E-state index contributed by atoms with van der Waals surface area (Å²) >= 11 is 0. The molecule has 2 saturated heterocycles. The molecule has 3 fully saturated rings. The van der Waals surface area contributed by atoms with Crippen molar-refractivity contribution < 1.29 is 58.3 Å². The highest BCUT2D eigenvalue weighted by molar-refractivity contribution is 6.39. The van der Waals surface area contributed by atoms with E-state index in [2.05, 4.69) is 15.5 Å². The van der Waals surface area contributed by atoms with Crippen LogP contribution >= 0.6 is 0 Å². The van der Waals surface area contributed by atoms with Crippen molar-refractivity contribution in [2.24, 2.45) is 47.3 Å². The Morgan fingerprint density at radius 1 is 0.957 bits per heavy atom. The number of Topliss-reactive ketones (excluding diaryl/α,β-unsaturated/α-hetero) is 3. The van der Waals surface area contributed by atoms with Gasteiger partial charge in [0.2, 0.25) is 5.79 Å². The molecular weight excluding hydrogens is 887 g/mol. The fourth-order valence-electron chi connectivity index (χ4n) is 10.9. The molecule has 1 unspecified atom stereocenters. The van der Waals surface area contributed by atoms with Crippen LogP contribution in [0.15, 0.2) is 53.9 Å². The number of aliphatic hydroxyl groups is 3. The van der Waals surface area contributed by atoms with Gasteiger partial charge in [0, 0.05) is 56.8 Å². The number of piperidine rings is 1. The molecule has 3 aliphatic heterocycles. The number of allylic oxidation sites excluding steroid dienone is 6. The van der Waals surface area contributed by atoms with E-state index in [1.54, 1.807) is 39.5 Å². The summed E-state index contributed by atoms with van der Waals surface area (Å²) < 4.78 is 19.9. The van der Waals surface area contributed by atoms with Crippen LogP contribution in [-0.4, -0.2) is 132 Å². The van der Waals surface area contributed by atoms with E-state index in [9.17, 15) is 44.1 Å². The Balaban J connectivity index is 1.46. The van der Waals surface area contributed by atoms with Gasteiger partial charge in [0.25, 0.3) is 11.7 Å². The van der Waals surface area contributed by atoms with E-state index in [0.29, 0.717) is 64.1 Å². The average Bonchev–Trinajstić information content (AvgIpc) is 3.88. The zero-order valence-electron chi connectivity index (χ0n) is 41.9. The third kappa shape index (κ3) is 14.1. The maximum absolute atomic E-state index is 14.5. The molecule has 3 N–H and O–H groups in total. The van der Waals surface area contributed by atoms with Gasteiger partial charge in [-0.3, -0.25) is 19.2 Å². The number of methoxy groups -OCH3 is 1. The van der Waals surface area contributed by atoms with E-state index in [0.717, 1.165) is 12.0 Å². The molecule has 1 aliphatic carbocycles. The first-order valence-electron chi connectivity index (χ1n) is 25.0. The number of esters is 1. The van der Waals surface area contributed by atoms with Crippen molar-refractivity contribution in [3.63, 3.8) is 0 Å². The van der Waals surface area contributed by atoms with Gasteiger partial charge in [0.05, 0.1) is 24.4 Å². The Morgan fingerprint density at radius 2 is 1.71 bits per heavy atom. The Hall–Kier alpha value is -4.55. The molecule has 0 radical (unpaired) electrons. The lowest BCUT2D eigenvalue weighted by atomic mass is 9.74. The van der Waals surface area contributed by atoms with Crippen molar-refractivity contribution in [1.29, 1.82) is 0 Å². The van der Waals surface area contributed by atoms with Crippen LogP contribution in [0.2, 0.25) is 0 Å². The maximum Gasteiger partial charge on any atom is 0.329 e. The molecule has 1 aromatic heterocycles. The van der Waals surface area contributed by atoms with Gasteiger partial charge in [-0.1, -0.05) is 71.1 Å². The highest BCUT2D eigenvalue weighted by Crippen LogP contribution is 2.41. The van der Waals surface area contributed by atoms with Crippen LogP contribution in [0.1, 0.15) is 132 Å². The van der Waals surface area contributed by atoms with Gasteiger partial charge in [-0.2, -0.15) is 0 Å². The molecule has 1 amide bonds. The number of rotatable bonds is 7. The molecule has 0 spiro atoms. The normalized spacial score (nSPS) is 37.5. The van der Waals surface area contributed by atoms with Gasteiger partial charge in [0.1, 0.15) is 42.2 Å². The molecule has 15 atom stereocenters. The lowest BCUT2D eigenvalue weighted by molar-refractivity contribution is -0.265. The molecule has 382 valence electrons. The Labute approximate surface area is 407 Å². The number of carbonyl (C=O) groups excluding carboxylic acids is 6. The number of nitrogens with zero attached hydrogens (tertiary/aromatic N) is 5. The average molecular weight is 964 g/mol. The molecule has 17 heteroatoms. The van der Waals surface area contributed by atoms with Crippen LogP contribution in [0, 0.1) is 47.3 Å². The van der Waals surface area contributed by atoms with Crippen LogP contribution in [-0.2, 0) is 43.0 Å². The number of aldehydes is 1. The lowest BCUT2D eigenvalue weighted by Crippen LogP contribution is -2.61. The van der Waals surface area contributed by atoms with Crippen molar-refractivity contribution in [3.05, 3.63) is 53.9 Å². The van der Waals surface area contributed by atoms with E-state index in [1.807, 2.05) is 51.2 Å². The van der Waals surface area contributed by atoms with E-state index in [1.165, 1.54) is 17.3 Å². The Bertz CT molecular complexity index is 2050. The molecule has 4 heterocycles. The molecular formula is C52H77N5O12. The first-order chi connectivity index (χ1) is 32.8. The first kappa shape index (κ1) is 55.4. The SMILES string of the molecule is CO[C@H]1CC2CC[C@@H](C)[C@@](O)(O2)C(=O)C(=O)N2CCCC[C@H]2C(=O)O[C@H]([C@H](C)C[C@@H]2CC[C@H](n3cnnn3)[C@H](CO)C2)CC(=O)[C@H](C)/C=C(\C)[C@@H](O)[C@@H](C=O)C(=O)[C@H](C)C[C@H](C)/C=C/C=CC=C1C. The molecule has 2 bridgehead atoms. The van der Waals surface area contributed by atoms with Gasteiger partial charge in [0.15, 0.2) is 0 Å². The molecule has 69 heavy (non-hydrogen) atoms. The molecule has 0 aromatic carbocycles. The van der Waals surface area contributed by atoms with E-state index >= 15 is 0 Å². The number of carbonyl (C=O) groups is 6. The molecule has 17 nitrogen and oxygen atoms in total. The number of amides is 1. The number of ether oxygens (including phenoxy) is 3. The summed E-state index contributed by atoms with van der Waals surface area (Å²) in [4.78, 5) is 84.4. The third-order valence-electron chi connectivity index (χ3n) is 15.3. The number of aromatic nitrogens is 4. The van der Waals surface area contributed by atoms with Crippen LogP contribution in [0.25, 0.3) is 0 Å². The van der Waals surface area contributed by atoms with Gasteiger partial charge in [-0.25, -0.2) is 9.48 Å². The fourth-order valence-corrected chi connectivity index (χ4v) is 10.9. The van der Waals surface area contributed by atoms with Gasteiger partial charge in [-0.05, 0) is 117 Å². The zero-order chi connectivity index (χ0) is 50.6. The summed E-state index contributed by atoms with van der Waals surface area (Å²) in [5.41, 5.74) is 1.13. The highest BCUT2D eigenvalue weighted by atomic mass is 16.6. The molecule has 1 saturated carbocycles. The lowest BCUT2D eigenvalue weighted by Gasteiger charge is -2.42. The number of hydrogen-bond donors (Lipinski definition) is 3. The van der Waals surface area contributed by atoms with Gasteiger partial charge >= 0.3 is 5.97 Å². The van der Waals surface area contributed by atoms with Gasteiger partial charge < -0.3 is 39.2 Å². The van der Waals surface area contributed by atoms with E-state index in [-0.39, 0.29) is 67.1 Å². The van der Waals surface area contributed by atoms with Crippen molar-refractivity contribution in [2.45, 2.75) is 168 Å². The number of tetrazole rings is 1. The fraction of sp³-hybridized carbons (Fsp3) is 0.712. The summed E-state index contributed by atoms with van der Waals surface area (Å²) in [6, 6.07) is -1.27. The van der Waals surface area contributed by atoms with Crippen LogP contribution in [0.5, 0.6) is 0 Å². The standard InChI is InChI=1S/C52H77N5O12/c1-31-14-10-9-11-15-32(2)45(67-8)26-40-19-17-37(7)52(66,69-40)49(63)50(64)56-21-13-12-16-43(56)51(65)68-46(34(4)24-38-18-20-42(39(25-38)28-58)57-30-53-54-55-57)27-44(60)33(3)23-36(6)48(62)41(29-59)47(61)35(5)22-31/h9-11,14-15,23,29-31,33-35,37-43,45-46,48,58,62,66H,12-13,16-22,24-28H2,1-8H3/b11-9?,14-10+,32-15?,36-23+/t31-,33-,34-,35-,37-,38+,39+,40?,41+,42+,43+,45+,46+,48-,52-/m1/s1. The number of hydrogen-bond acceptors (Lipinski definition) is 15. The number of fused-ring (bicyclic) bond motifs is 3. The zero-order valence-corrected chi connectivity index (χ0v) is 41.9. The molecule has 1 aromatic rings. The first-order valence-corrected chi connectivity index (χ1v) is 25.0. The summed E-state index contributed by atoms with van der Waals surface area (Å²) in [6.07, 6.45) is 14.7. The molecule has 5 rings (SSSR count). The summed E-state index contributed by atoms with van der Waals surface area (Å²) in [7, 11) is 1.56. The smallest absolute Gasteiger partial charge is 0.329 e.